The Morgan fingerprint density at radius 2 is 1.21 bits per heavy atom. The van der Waals surface area contributed by atoms with Gasteiger partial charge in [-0.3, -0.25) is 9.59 Å². The second-order valence-electron chi connectivity index (χ2n) is 8.37. The number of rotatable bonds is 21. The number of carboxylic acids is 1. The van der Waals surface area contributed by atoms with Gasteiger partial charge in [-0.2, -0.15) is 0 Å². The zero-order chi connectivity index (χ0) is 21.7. The Bertz CT molecular complexity index is 417. The summed E-state index contributed by atoms with van der Waals surface area (Å²) in [6.45, 7) is 8.44. The molecule has 0 radical (unpaired) electrons. The van der Waals surface area contributed by atoms with E-state index >= 15 is 0 Å². The van der Waals surface area contributed by atoms with Gasteiger partial charge < -0.3 is 9.84 Å². The fourth-order valence-corrected chi connectivity index (χ4v) is 3.56. The molecule has 1 N–H and O–H groups in total. The van der Waals surface area contributed by atoms with Crippen LogP contribution in [0.15, 0.2) is 12.2 Å². The standard InChI is InChI=1S/C25H46O4/c1-4-6-8-10-12-18-23(19-13-11-9-7-5-2)29-25(28)21-15-17-22(3)16-14-20-24(26)27/h23H,3-21H2,1-2H3,(H,26,27). The number of unbranched alkanes of at least 4 members (excludes halogenated alkanes) is 8. The van der Waals surface area contributed by atoms with Crippen molar-refractivity contribution >= 4 is 11.9 Å². The highest BCUT2D eigenvalue weighted by Crippen LogP contribution is 2.18. The number of allylic oxidation sites excluding steroid dienone is 1. The molecule has 29 heavy (non-hydrogen) atoms. The first-order chi connectivity index (χ1) is 14.0. The van der Waals surface area contributed by atoms with Crippen molar-refractivity contribution in [1.29, 1.82) is 0 Å². The highest BCUT2D eigenvalue weighted by atomic mass is 16.5. The van der Waals surface area contributed by atoms with E-state index in [4.69, 9.17) is 9.84 Å². The Balaban J connectivity index is 4.10. The smallest absolute Gasteiger partial charge is 0.306 e. The maximum Gasteiger partial charge on any atom is 0.306 e. The molecule has 170 valence electrons. The third kappa shape index (κ3) is 19.8. The normalized spacial score (nSPS) is 11.0. The Morgan fingerprint density at radius 3 is 1.69 bits per heavy atom. The van der Waals surface area contributed by atoms with Gasteiger partial charge in [0.2, 0.25) is 0 Å². The van der Waals surface area contributed by atoms with Gasteiger partial charge in [0, 0.05) is 12.8 Å². The van der Waals surface area contributed by atoms with Crippen LogP contribution in [0.5, 0.6) is 0 Å². The van der Waals surface area contributed by atoms with E-state index < -0.39 is 5.97 Å². The van der Waals surface area contributed by atoms with Gasteiger partial charge in [-0.1, -0.05) is 77.4 Å². The number of aliphatic carboxylic acids is 1. The maximum atomic E-state index is 12.3. The van der Waals surface area contributed by atoms with E-state index in [0.29, 0.717) is 12.8 Å². The molecule has 0 spiro atoms. The van der Waals surface area contributed by atoms with Crippen LogP contribution in [0, 0.1) is 0 Å². The van der Waals surface area contributed by atoms with E-state index in [1.807, 2.05) is 0 Å². The first kappa shape index (κ1) is 27.7. The summed E-state index contributed by atoms with van der Waals surface area (Å²) in [6.07, 6.45) is 17.9. The Labute approximate surface area is 179 Å². The molecule has 0 saturated carbocycles. The SMILES string of the molecule is C=C(CCCC(=O)O)CCCC(=O)OC(CCCCCCC)CCCCCCC. The topological polar surface area (TPSA) is 63.6 Å². The number of carboxylic acid groups (broad SMARTS) is 1. The van der Waals surface area contributed by atoms with Crippen molar-refractivity contribution < 1.29 is 19.4 Å². The van der Waals surface area contributed by atoms with Crippen molar-refractivity contribution in [3.8, 4) is 0 Å². The van der Waals surface area contributed by atoms with Crippen molar-refractivity contribution in [2.45, 2.75) is 136 Å². The largest absolute Gasteiger partial charge is 0.481 e. The van der Waals surface area contributed by atoms with Gasteiger partial charge in [0.15, 0.2) is 0 Å². The molecule has 0 fully saturated rings. The Kier molecular flexibility index (Phi) is 19.1. The summed E-state index contributed by atoms with van der Waals surface area (Å²) in [4.78, 5) is 22.8. The van der Waals surface area contributed by atoms with Crippen molar-refractivity contribution in [3.63, 3.8) is 0 Å². The van der Waals surface area contributed by atoms with Gasteiger partial charge in [0.25, 0.3) is 0 Å². The first-order valence-corrected chi connectivity index (χ1v) is 12.1. The quantitative estimate of drug-likeness (QED) is 0.120. The number of carbonyl (C=O) groups is 2. The molecule has 0 amide bonds. The summed E-state index contributed by atoms with van der Waals surface area (Å²) in [5.74, 6) is -0.854. The maximum absolute atomic E-state index is 12.3. The molecule has 0 heterocycles. The van der Waals surface area contributed by atoms with Crippen LogP contribution in [-0.4, -0.2) is 23.1 Å². The van der Waals surface area contributed by atoms with Gasteiger partial charge in [-0.15, -0.1) is 0 Å². The molecule has 0 atom stereocenters. The van der Waals surface area contributed by atoms with Gasteiger partial charge in [0.1, 0.15) is 6.10 Å². The van der Waals surface area contributed by atoms with Gasteiger partial charge in [0.05, 0.1) is 0 Å². The van der Waals surface area contributed by atoms with Crippen LogP contribution >= 0.6 is 0 Å². The van der Waals surface area contributed by atoms with Crippen LogP contribution in [0.4, 0.5) is 0 Å². The van der Waals surface area contributed by atoms with Crippen LogP contribution < -0.4 is 0 Å². The molecule has 4 nitrogen and oxygen atoms in total. The molecule has 0 aromatic heterocycles. The van der Waals surface area contributed by atoms with E-state index in [1.165, 1.54) is 51.4 Å². The predicted molar refractivity (Wildman–Crippen MR) is 121 cm³/mol. The fraction of sp³-hybridized carbons (Fsp3) is 0.840. The molecular weight excluding hydrogens is 364 g/mol. The predicted octanol–water partition coefficient (Wildman–Crippen LogP) is 7.60. The average molecular weight is 411 g/mol. The van der Waals surface area contributed by atoms with Crippen LogP contribution in [-0.2, 0) is 14.3 Å². The molecule has 0 rings (SSSR count). The molecule has 0 aliphatic rings. The zero-order valence-electron chi connectivity index (χ0n) is 19.2. The summed E-state index contributed by atoms with van der Waals surface area (Å²) in [5, 5.41) is 8.68. The zero-order valence-corrected chi connectivity index (χ0v) is 19.2. The second-order valence-corrected chi connectivity index (χ2v) is 8.37. The highest BCUT2D eigenvalue weighted by molar-refractivity contribution is 5.69. The molecule has 0 bridgehead atoms. The molecule has 0 saturated heterocycles. The highest BCUT2D eigenvalue weighted by Gasteiger charge is 2.14. The van der Waals surface area contributed by atoms with Gasteiger partial charge in [-0.05, 0) is 51.4 Å². The third-order valence-electron chi connectivity index (χ3n) is 5.39. The number of hydrogen-bond donors (Lipinski definition) is 1. The Hall–Kier alpha value is -1.32. The lowest BCUT2D eigenvalue weighted by Crippen LogP contribution is -2.18. The van der Waals surface area contributed by atoms with Crippen molar-refractivity contribution in [2.24, 2.45) is 0 Å². The minimum atomic E-state index is -0.767. The van der Waals surface area contributed by atoms with E-state index in [2.05, 4.69) is 20.4 Å². The second kappa shape index (κ2) is 20.0. The lowest BCUT2D eigenvalue weighted by atomic mass is 10.0. The van der Waals surface area contributed by atoms with Crippen LogP contribution in [0.25, 0.3) is 0 Å². The summed E-state index contributed by atoms with van der Waals surface area (Å²) >= 11 is 0. The van der Waals surface area contributed by atoms with E-state index in [9.17, 15) is 9.59 Å². The summed E-state index contributed by atoms with van der Waals surface area (Å²) in [6, 6.07) is 0. The minimum absolute atomic E-state index is 0.0736. The first-order valence-electron chi connectivity index (χ1n) is 12.1. The number of hydrogen-bond acceptors (Lipinski definition) is 3. The minimum Gasteiger partial charge on any atom is -0.481 e. The molecular formula is C25H46O4. The molecule has 0 aromatic rings. The number of carbonyl (C=O) groups excluding carboxylic acids is 1. The molecule has 0 aliphatic heterocycles. The number of ether oxygens (including phenoxy) is 1. The van der Waals surface area contributed by atoms with Crippen LogP contribution in [0.1, 0.15) is 129 Å². The summed E-state index contributed by atoms with van der Waals surface area (Å²) in [7, 11) is 0. The monoisotopic (exact) mass is 410 g/mol. The van der Waals surface area contributed by atoms with Gasteiger partial charge in [-0.25, -0.2) is 0 Å². The van der Waals surface area contributed by atoms with Crippen molar-refractivity contribution in [3.05, 3.63) is 12.2 Å². The fourth-order valence-electron chi connectivity index (χ4n) is 3.56. The summed E-state index contributed by atoms with van der Waals surface area (Å²) < 4.78 is 5.81. The molecule has 0 unspecified atom stereocenters. The molecule has 0 aromatic carbocycles. The van der Waals surface area contributed by atoms with E-state index in [1.54, 1.807) is 0 Å². The van der Waals surface area contributed by atoms with Gasteiger partial charge >= 0.3 is 11.9 Å². The summed E-state index contributed by atoms with van der Waals surface area (Å²) in [5.41, 5.74) is 1.03. The van der Waals surface area contributed by atoms with Crippen LogP contribution in [0.3, 0.4) is 0 Å². The van der Waals surface area contributed by atoms with Crippen molar-refractivity contribution in [2.75, 3.05) is 0 Å². The van der Waals surface area contributed by atoms with E-state index in [-0.39, 0.29) is 18.5 Å². The van der Waals surface area contributed by atoms with Crippen LogP contribution in [0.2, 0.25) is 0 Å². The molecule has 0 aliphatic carbocycles. The molecule has 4 heteroatoms. The lowest BCUT2D eigenvalue weighted by Gasteiger charge is -2.18. The third-order valence-corrected chi connectivity index (χ3v) is 5.39. The average Bonchev–Trinajstić information content (AvgIpc) is 2.67. The Morgan fingerprint density at radius 1 is 0.724 bits per heavy atom. The van der Waals surface area contributed by atoms with E-state index in [0.717, 1.165) is 50.5 Å². The van der Waals surface area contributed by atoms with Crippen molar-refractivity contribution in [1.82, 2.24) is 0 Å². The number of esters is 1. The lowest BCUT2D eigenvalue weighted by molar-refractivity contribution is -0.150.